The van der Waals surface area contributed by atoms with E-state index in [-0.39, 0.29) is 17.3 Å². The second-order valence-electron chi connectivity index (χ2n) is 7.91. The molecule has 12 heteroatoms. The van der Waals surface area contributed by atoms with Crippen molar-refractivity contribution in [2.75, 3.05) is 13.7 Å². The Morgan fingerprint density at radius 2 is 1.97 bits per heavy atom. The first-order valence-corrected chi connectivity index (χ1v) is 12.9. The molecule has 0 bridgehead atoms. The quantitative estimate of drug-likeness (QED) is 0.202. The molecule has 0 aliphatic heterocycles. The molecule has 38 heavy (non-hydrogen) atoms. The van der Waals surface area contributed by atoms with E-state index >= 15 is 0 Å². The zero-order valence-electron chi connectivity index (χ0n) is 19.4. The minimum absolute atomic E-state index is 0.195. The summed E-state index contributed by atoms with van der Waals surface area (Å²) in [5.41, 5.74) is 1.18. The van der Waals surface area contributed by atoms with Gasteiger partial charge < -0.3 is 19.0 Å². The van der Waals surface area contributed by atoms with Crippen molar-refractivity contribution in [3.8, 4) is 23.1 Å². The molecule has 0 radical (unpaired) electrons. The minimum Gasteiger partial charge on any atom is -0.493 e. The standard InChI is InChI=1S/C26H16Br2ClN3O6/c1-36-19-10-14(22(27)23(28)24(19)37-12-21(33)34)11-30-32-25(31-17-5-3-2-4-16(17)26(32)35)20-9-13-8-15(29)6-7-18(13)38-20/h2-11H,12H2,1H3,(H,33,34). The number of rotatable bonds is 7. The van der Waals surface area contributed by atoms with Crippen molar-refractivity contribution in [3.63, 3.8) is 0 Å². The highest BCUT2D eigenvalue weighted by atomic mass is 79.9. The molecule has 2 heterocycles. The van der Waals surface area contributed by atoms with E-state index in [1.165, 1.54) is 13.3 Å². The number of hydrogen-bond donors (Lipinski definition) is 1. The molecule has 192 valence electrons. The smallest absolute Gasteiger partial charge is 0.341 e. The van der Waals surface area contributed by atoms with E-state index in [4.69, 9.17) is 30.6 Å². The molecule has 0 amide bonds. The summed E-state index contributed by atoms with van der Waals surface area (Å²) in [6.07, 6.45) is 1.44. The number of halogens is 3. The van der Waals surface area contributed by atoms with Crippen LogP contribution in [0.2, 0.25) is 5.02 Å². The Balaban J connectivity index is 1.67. The number of methoxy groups -OCH3 is 1. The zero-order valence-corrected chi connectivity index (χ0v) is 23.4. The topological polar surface area (TPSA) is 116 Å². The number of fused-ring (bicyclic) bond motifs is 2. The summed E-state index contributed by atoms with van der Waals surface area (Å²) in [6, 6.07) is 15.5. The van der Waals surface area contributed by atoms with E-state index in [1.807, 2.05) is 0 Å². The van der Waals surface area contributed by atoms with Gasteiger partial charge in [-0.1, -0.05) is 23.7 Å². The number of carbonyl (C=O) groups is 1. The summed E-state index contributed by atoms with van der Waals surface area (Å²) in [4.78, 5) is 29.2. The molecular formula is C26H16Br2ClN3O6. The molecule has 0 spiro atoms. The van der Waals surface area contributed by atoms with E-state index in [1.54, 1.807) is 54.6 Å². The van der Waals surface area contributed by atoms with Crippen LogP contribution in [-0.2, 0) is 4.79 Å². The van der Waals surface area contributed by atoms with Crippen LogP contribution in [0.4, 0.5) is 0 Å². The maximum Gasteiger partial charge on any atom is 0.341 e. The van der Waals surface area contributed by atoms with Crippen LogP contribution in [0, 0.1) is 0 Å². The highest BCUT2D eigenvalue weighted by molar-refractivity contribution is 9.13. The molecule has 0 unspecified atom stereocenters. The number of ether oxygens (including phenoxy) is 2. The molecule has 0 saturated carbocycles. The Morgan fingerprint density at radius 1 is 1.18 bits per heavy atom. The lowest BCUT2D eigenvalue weighted by Gasteiger charge is -2.14. The fraction of sp³-hybridized carbons (Fsp3) is 0.0769. The Bertz CT molecular complexity index is 1820. The second-order valence-corrected chi connectivity index (χ2v) is 9.94. The third-order valence-electron chi connectivity index (χ3n) is 5.48. The molecular weight excluding hydrogens is 646 g/mol. The number of carboxylic acid groups (broad SMARTS) is 1. The van der Waals surface area contributed by atoms with Gasteiger partial charge in [0.05, 0.1) is 28.7 Å². The van der Waals surface area contributed by atoms with Crippen molar-refractivity contribution in [2.24, 2.45) is 5.10 Å². The van der Waals surface area contributed by atoms with Crippen molar-refractivity contribution >= 4 is 77.5 Å². The number of carboxylic acids is 1. The Hall–Kier alpha value is -3.67. The van der Waals surface area contributed by atoms with Gasteiger partial charge in [0, 0.05) is 20.4 Å². The van der Waals surface area contributed by atoms with Gasteiger partial charge in [-0.2, -0.15) is 9.78 Å². The predicted octanol–water partition coefficient (Wildman–Crippen LogP) is 6.34. The summed E-state index contributed by atoms with van der Waals surface area (Å²) in [7, 11) is 1.42. The van der Waals surface area contributed by atoms with Crippen LogP contribution < -0.4 is 15.0 Å². The van der Waals surface area contributed by atoms with Gasteiger partial charge in [-0.15, -0.1) is 0 Å². The van der Waals surface area contributed by atoms with Crippen LogP contribution in [0.25, 0.3) is 33.5 Å². The van der Waals surface area contributed by atoms with Crippen LogP contribution >= 0.6 is 43.5 Å². The maximum absolute atomic E-state index is 13.5. The molecule has 0 fully saturated rings. The number of furan rings is 1. The molecule has 5 aromatic rings. The van der Waals surface area contributed by atoms with E-state index in [0.717, 1.165) is 10.1 Å². The molecule has 1 N–H and O–H groups in total. The van der Waals surface area contributed by atoms with Gasteiger partial charge in [-0.25, -0.2) is 9.78 Å². The van der Waals surface area contributed by atoms with Gasteiger partial charge in [-0.3, -0.25) is 4.79 Å². The first-order chi connectivity index (χ1) is 18.3. The number of para-hydroxylation sites is 1. The first kappa shape index (κ1) is 26.0. The van der Waals surface area contributed by atoms with E-state index in [0.29, 0.717) is 41.8 Å². The van der Waals surface area contributed by atoms with Gasteiger partial charge in [-0.05, 0) is 74.3 Å². The zero-order chi connectivity index (χ0) is 27.0. The average Bonchev–Trinajstić information content (AvgIpc) is 3.32. The molecule has 0 aliphatic rings. The van der Waals surface area contributed by atoms with Crippen molar-refractivity contribution in [1.29, 1.82) is 0 Å². The van der Waals surface area contributed by atoms with E-state index < -0.39 is 18.1 Å². The van der Waals surface area contributed by atoms with Gasteiger partial charge >= 0.3 is 5.97 Å². The lowest BCUT2D eigenvalue weighted by atomic mass is 10.2. The van der Waals surface area contributed by atoms with E-state index in [9.17, 15) is 9.59 Å². The third-order valence-corrected chi connectivity index (χ3v) is 7.86. The van der Waals surface area contributed by atoms with Gasteiger partial charge in [0.1, 0.15) is 5.58 Å². The van der Waals surface area contributed by atoms with Crippen molar-refractivity contribution in [2.45, 2.75) is 0 Å². The summed E-state index contributed by atoms with van der Waals surface area (Å²) < 4.78 is 18.8. The normalized spacial score (nSPS) is 11.5. The van der Waals surface area contributed by atoms with Gasteiger partial charge in [0.15, 0.2) is 23.9 Å². The number of nitrogens with zero attached hydrogens (tertiary/aromatic N) is 3. The third kappa shape index (κ3) is 4.92. The molecule has 2 aromatic heterocycles. The molecule has 3 aromatic carbocycles. The first-order valence-electron chi connectivity index (χ1n) is 10.9. The van der Waals surface area contributed by atoms with Gasteiger partial charge in [0.25, 0.3) is 5.56 Å². The van der Waals surface area contributed by atoms with Crippen LogP contribution in [0.1, 0.15) is 5.56 Å². The number of benzene rings is 3. The van der Waals surface area contributed by atoms with Crippen molar-refractivity contribution < 1.29 is 23.8 Å². The monoisotopic (exact) mass is 659 g/mol. The average molecular weight is 662 g/mol. The predicted molar refractivity (Wildman–Crippen MR) is 151 cm³/mol. The highest BCUT2D eigenvalue weighted by Gasteiger charge is 2.19. The molecule has 5 rings (SSSR count). The second kappa shape index (κ2) is 10.6. The highest BCUT2D eigenvalue weighted by Crippen LogP contribution is 2.42. The molecule has 0 saturated heterocycles. The summed E-state index contributed by atoms with van der Waals surface area (Å²) in [6.45, 7) is -0.556. The van der Waals surface area contributed by atoms with Crippen molar-refractivity contribution in [3.05, 3.63) is 84.5 Å². The summed E-state index contributed by atoms with van der Waals surface area (Å²) >= 11 is 13.0. The lowest BCUT2D eigenvalue weighted by molar-refractivity contribution is -0.139. The minimum atomic E-state index is -1.13. The lowest BCUT2D eigenvalue weighted by Crippen LogP contribution is -2.20. The van der Waals surface area contributed by atoms with Gasteiger partial charge in [0.2, 0.25) is 5.82 Å². The summed E-state index contributed by atoms with van der Waals surface area (Å²) in [5.74, 6) is -0.145. The van der Waals surface area contributed by atoms with Crippen LogP contribution in [-0.4, -0.2) is 40.7 Å². The van der Waals surface area contributed by atoms with Crippen LogP contribution in [0.5, 0.6) is 11.5 Å². The Morgan fingerprint density at radius 3 is 2.74 bits per heavy atom. The maximum atomic E-state index is 13.5. The van der Waals surface area contributed by atoms with E-state index in [2.05, 4.69) is 41.9 Å². The Labute approximate surface area is 236 Å². The fourth-order valence-corrected chi connectivity index (χ4v) is 4.87. The molecule has 0 atom stereocenters. The number of aromatic nitrogens is 2. The van der Waals surface area contributed by atoms with Crippen molar-refractivity contribution in [1.82, 2.24) is 9.66 Å². The SMILES string of the molecule is COc1cc(C=Nn2c(-c3cc4cc(Cl)ccc4o3)nc3ccccc3c2=O)c(Br)c(Br)c1OCC(=O)O. The van der Waals surface area contributed by atoms with Crippen LogP contribution in [0.3, 0.4) is 0 Å². The summed E-state index contributed by atoms with van der Waals surface area (Å²) in [5, 5.41) is 15.1. The largest absolute Gasteiger partial charge is 0.493 e. The fourth-order valence-electron chi connectivity index (χ4n) is 3.75. The molecule has 9 nitrogen and oxygen atoms in total. The Kier molecular flexibility index (Phi) is 7.24. The molecule has 0 aliphatic carbocycles. The number of aliphatic carboxylic acids is 1. The van der Waals surface area contributed by atoms with Crippen LogP contribution in [0.15, 0.2) is 77.9 Å². The number of hydrogen-bond acceptors (Lipinski definition) is 7.